The van der Waals surface area contributed by atoms with Crippen LogP contribution in [0.25, 0.3) is 22.4 Å². The van der Waals surface area contributed by atoms with E-state index in [1.54, 1.807) is 30.3 Å². The van der Waals surface area contributed by atoms with Gasteiger partial charge in [-0.3, -0.25) is 4.79 Å². The Morgan fingerprint density at radius 2 is 1.79 bits per heavy atom. The molecule has 0 saturated heterocycles. The predicted molar refractivity (Wildman–Crippen MR) is 123 cm³/mol. The maximum absolute atomic E-state index is 11.6. The number of rotatable bonds is 6. The zero-order chi connectivity index (χ0) is 20.1. The van der Waals surface area contributed by atoms with E-state index in [0.29, 0.717) is 0 Å². The molecule has 4 nitrogen and oxygen atoms in total. The highest BCUT2D eigenvalue weighted by molar-refractivity contribution is 8.13. The molecular weight excluding hydrogens is 386 g/mol. The smallest absolute Gasteiger partial charge is 0.281 e. The zero-order valence-corrected chi connectivity index (χ0v) is 18.4. The molecule has 0 spiro atoms. The summed E-state index contributed by atoms with van der Waals surface area (Å²) in [6.45, 7) is 0.830. The number of benzene rings is 2. The van der Waals surface area contributed by atoms with Crippen LogP contribution in [0, 0.1) is 0 Å². The molecule has 0 bridgehead atoms. The maximum Gasteiger partial charge on any atom is 0.281 e. The van der Waals surface area contributed by atoms with Crippen molar-refractivity contribution in [1.29, 1.82) is 0 Å². The van der Waals surface area contributed by atoms with Crippen LogP contribution in [0.5, 0.6) is 0 Å². The summed E-state index contributed by atoms with van der Waals surface area (Å²) in [5.74, 6) is 0.775. The lowest BCUT2D eigenvalue weighted by molar-refractivity contribution is -0.642. The lowest BCUT2D eigenvalue weighted by Crippen LogP contribution is -2.28. The quantitative estimate of drug-likeness (QED) is 0.547. The highest BCUT2D eigenvalue weighted by Gasteiger charge is 2.13. The van der Waals surface area contributed by atoms with Crippen LogP contribution in [0.3, 0.4) is 0 Å². The van der Waals surface area contributed by atoms with Gasteiger partial charge in [-0.25, -0.2) is 0 Å². The molecule has 0 aliphatic rings. The van der Waals surface area contributed by atoms with Crippen molar-refractivity contribution in [2.45, 2.75) is 0 Å². The number of aromatic nitrogens is 1. The molecule has 1 aromatic heterocycles. The van der Waals surface area contributed by atoms with E-state index in [1.165, 1.54) is 32.5 Å². The molecule has 3 aromatic rings. The molecule has 0 fully saturated rings. The van der Waals surface area contributed by atoms with E-state index in [9.17, 15) is 4.79 Å². The van der Waals surface area contributed by atoms with Crippen LogP contribution in [-0.4, -0.2) is 43.6 Å². The molecule has 3 rings (SSSR count). The monoisotopic (exact) mass is 412 g/mol. The molecule has 0 atom stereocenters. The largest absolute Gasteiger partial charge is 0.374 e. The van der Waals surface area contributed by atoms with Gasteiger partial charge in [0.1, 0.15) is 11.7 Å². The van der Waals surface area contributed by atoms with Crippen LogP contribution >= 0.6 is 23.1 Å². The Morgan fingerprint density at radius 1 is 1.07 bits per heavy atom. The number of carbonyl (C=O) groups is 1. The minimum absolute atomic E-state index is 0.100. The molecule has 0 unspecified atom stereocenters. The Morgan fingerprint density at radius 3 is 2.46 bits per heavy atom. The van der Waals surface area contributed by atoms with Crippen molar-refractivity contribution in [3.05, 3.63) is 59.1 Å². The summed E-state index contributed by atoms with van der Waals surface area (Å²) < 4.78 is 3.53. The molecular formula is C22H26N3OS2+. The molecule has 0 saturated carbocycles. The van der Waals surface area contributed by atoms with Gasteiger partial charge in [0.05, 0.1) is 0 Å². The Balaban J connectivity index is 1.61. The number of thiazole rings is 1. The van der Waals surface area contributed by atoms with E-state index in [1.807, 2.05) is 0 Å². The molecule has 0 aliphatic heterocycles. The fourth-order valence-electron chi connectivity index (χ4n) is 2.80. The van der Waals surface area contributed by atoms with Gasteiger partial charge in [0, 0.05) is 51.3 Å². The normalized spacial score (nSPS) is 11.3. The molecule has 1 heterocycles. The van der Waals surface area contributed by atoms with Gasteiger partial charge in [0.25, 0.3) is 10.2 Å². The lowest BCUT2D eigenvalue weighted by atomic mass is 10.2. The molecule has 28 heavy (non-hydrogen) atoms. The van der Waals surface area contributed by atoms with Crippen molar-refractivity contribution >= 4 is 56.4 Å². The topological polar surface area (TPSA) is 27.4 Å². The van der Waals surface area contributed by atoms with E-state index in [2.05, 4.69) is 84.2 Å². The fraction of sp³-hybridized carbons (Fsp3) is 0.273. The molecule has 6 heteroatoms. The van der Waals surface area contributed by atoms with Crippen LogP contribution in [0.2, 0.25) is 0 Å². The van der Waals surface area contributed by atoms with Gasteiger partial charge in [-0.05, 0) is 29.8 Å². The Bertz CT molecular complexity index is 977. The molecule has 0 radical (unpaired) electrons. The second-order valence-corrected chi connectivity index (χ2v) is 8.93. The number of hydrogen-bond donors (Lipinski definition) is 0. The number of anilines is 1. The van der Waals surface area contributed by atoms with Crippen molar-refractivity contribution in [2.24, 2.45) is 7.05 Å². The van der Waals surface area contributed by atoms with E-state index in [4.69, 9.17) is 0 Å². The third-order valence-corrected chi connectivity index (χ3v) is 6.72. The summed E-state index contributed by atoms with van der Waals surface area (Å²) >= 11 is 3.15. The highest BCUT2D eigenvalue weighted by atomic mass is 32.2. The van der Waals surface area contributed by atoms with Crippen molar-refractivity contribution in [2.75, 3.05) is 38.3 Å². The summed E-state index contributed by atoms with van der Waals surface area (Å²) in [7, 11) is 7.73. The zero-order valence-electron chi connectivity index (χ0n) is 16.8. The number of aryl methyl sites for hydroxylation is 1. The van der Waals surface area contributed by atoms with Crippen molar-refractivity contribution in [3.63, 3.8) is 0 Å². The third kappa shape index (κ3) is 4.94. The van der Waals surface area contributed by atoms with Gasteiger partial charge in [0.2, 0.25) is 5.52 Å². The van der Waals surface area contributed by atoms with Crippen LogP contribution in [0.1, 0.15) is 10.6 Å². The van der Waals surface area contributed by atoms with Gasteiger partial charge in [-0.2, -0.15) is 4.57 Å². The van der Waals surface area contributed by atoms with Gasteiger partial charge in [-0.1, -0.05) is 47.4 Å². The summed E-state index contributed by atoms with van der Waals surface area (Å²) in [4.78, 5) is 15.4. The molecule has 1 amide bonds. The van der Waals surface area contributed by atoms with Crippen LogP contribution in [0.15, 0.2) is 48.5 Å². The second-order valence-electron chi connectivity index (χ2n) is 6.82. The second kappa shape index (κ2) is 9.26. The minimum Gasteiger partial charge on any atom is -0.374 e. The van der Waals surface area contributed by atoms with Crippen molar-refractivity contribution < 1.29 is 9.36 Å². The van der Waals surface area contributed by atoms with Crippen LogP contribution in [0.4, 0.5) is 10.5 Å². The third-order valence-electron chi connectivity index (χ3n) is 4.54. The molecule has 146 valence electrons. The number of fused-ring (bicyclic) bond motifs is 1. The van der Waals surface area contributed by atoms with Gasteiger partial charge < -0.3 is 9.80 Å². The van der Waals surface area contributed by atoms with E-state index in [0.717, 1.165) is 18.0 Å². The average Bonchev–Trinajstić information content (AvgIpc) is 3.02. The number of hydrogen-bond acceptors (Lipinski definition) is 4. The Kier molecular flexibility index (Phi) is 6.75. The maximum atomic E-state index is 11.6. The van der Waals surface area contributed by atoms with Gasteiger partial charge in [0.15, 0.2) is 0 Å². The average molecular weight is 413 g/mol. The lowest BCUT2D eigenvalue weighted by Gasteiger charge is -2.19. The molecule has 0 N–H and O–H groups in total. The first-order chi connectivity index (χ1) is 13.5. The highest BCUT2D eigenvalue weighted by Crippen LogP contribution is 2.22. The van der Waals surface area contributed by atoms with Crippen LogP contribution < -0.4 is 9.47 Å². The first-order valence-corrected chi connectivity index (χ1v) is 11.0. The van der Waals surface area contributed by atoms with Gasteiger partial charge in [-0.15, -0.1) is 0 Å². The van der Waals surface area contributed by atoms with Crippen LogP contribution in [-0.2, 0) is 7.05 Å². The molecule has 0 aliphatic carbocycles. The first-order valence-electron chi connectivity index (χ1n) is 9.16. The number of thioether (sulfide) groups is 1. The van der Waals surface area contributed by atoms with Gasteiger partial charge >= 0.3 is 0 Å². The summed E-state index contributed by atoms with van der Waals surface area (Å²) in [5.41, 5.74) is 3.59. The molecule has 2 aromatic carbocycles. The number of carbonyl (C=O) groups excluding carboxylic acids is 1. The summed E-state index contributed by atoms with van der Waals surface area (Å²) in [5, 5.41) is 1.33. The number of para-hydroxylation sites is 1. The Labute approximate surface area is 175 Å². The SMILES string of the molecule is CN(C)C(=O)SCCN(C)c1ccc(/C=C/c2sc3ccccc3[n+]2C)cc1. The summed E-state index contributed by atoms with van der Waals surface area (Å²) in [6, 6.07) is 17.0. The van der Waals surface area contributed by atoms with E-state index >= 15 is 0 Å². The Hall–Kier alpha value is -2.31. The standard InChI is InChI=1S/C22H26N3OS2/c1-23(2)22(26)27-16-15-24(3)18-12-9-17(10-13-18)11-14-21-25(4)19-7-5-6-8-20(19)28-21/h5-14H,15-16H2,1-4H3/q+1. The number of nitrogens with zero attached hydrogens (tertiary/aromatic N) is 3. The predicted octanol–water partition coefficient (Wildman–Crippen LogP) is 4.75. The summed E-state index contributed by atoms with van der Waals surface area (Å²) in [6.07, 6.45) is 4.33. The first kappa shape index (κ1) is 20.4. The number of amides is 1. The minimum atomic E-state index is 0.100. The van der Waals surface area contributed by atoms with Crippen molar-refractivity contribution in [3.8, 4) is 0 Å². The van der Waals surface area contributed by atoms with Crippen molar-refractivity contribution in [1.82, 2.24) is 4.90 Å². The fourth-order valence-corrected chi connectivity index (χ4v) is 4.65. The van der Waals surface area contributed by atoms with E-state index in [-0.39, 0.29) is 5.24 Å². The van der Waals surface area contributed by atoms with E-state index < -0.39 is 0 Å².